The largest absolute Gasteiger partial charge is 0.369 e. The Bertz CT molecular complexity index is 564. The third-order valence-corrected chi connectivity index (χ3v) is 7.56. The molecular weight excluding hydrogens is 348 g/mol. The molecule has 0 aromatic heterocycles. The number of nitrogens with zero attached hydrogens (tertiary/aromatic N) is 2. The van der Waals surface area contributed by atoms with Crippen molar-refractivity contribution in [2.45, 2.75) is 58.8 Å². The van der Waals surface area contributed by atoms with E-state index < -0.39 is 0 Å². The fourth-order valence-corrected chi connectivity index (χ4v) is 5.45. The van der Waals surface area contributed by atoms with Crippen LogP contribution in [0, 0.1) is 11.3 Å². The molecule has 1 aliphatic carbocycles. The van der Waals surface area contributed by atoms with Crippen LogP contribution in [0.4, 0.5) is 5.69 Å². The molecule has 1 saturated carbocycles. The molecule has 0 N–H and O–H groups in total. The normalized spacial score (nSPS) is 25.0. The van der Waals surface area contributed by atoms with E-state index in [1.165, 1.54) is 76.3 Å². The fourth-order valence-electron chi connectivity index (χ4n) is 5.04. The molecule has 3 rings (SSSR count). The number of piperazine rings is 1. The van der Waals surface area contributed by atoms with E-state index in [0.29, 0.717) is 5.41 Å². The second kappa shape index (κ2) is 9.69. The van der Waals surface area contributed by atoms with Gasteiger partial charge in [-0.05, 0) is 79.5 Å². The van der Waals surface area contributed by atoms with Crippen LogP contribution in [0.2, 0.25) is 0 Å². The van der Waals surface area contributed by atoms with Crippen LogP contribution in [-0.4, -0.2) is 49.6 Å². The molecule has 3 heteroatoms. The van der Waals surface area contributed by atoms with Gasteiger partial charge in [0.25, 0.3) is 0 Å². The maximum Gasteiger partial charge on any atom is 0.0402 e. The van der Waals surface area contributed by atoms with E-state index in [9.17, 15) is 0 Å². The van der Waals surface area contributed by atoms with Crippen molar-refractivity contribution in [2.24, 2.45) is 11.3 Å². The van der Waals surface area contributed by atoms with Gasteiger partial charge >= 0.3 is 0 Å². The van der Waals surface area contributed by atoms with Crippen molar-refractivity contribution < 1.29 is 0 Å². The average Bonchev–Trinajstić information content (AvgIpc) is 2.68. The molecule has 0 bridgehead atoms. The standard InChI is InChI=1S/C24H40N2S/c1-24(2,3)21-12-10-20(11-13-21)22-8-5-6-9-23(22)26-17-15-25(16-18-26)14-7-19-27-4/h5-6,8-9,20-21H,7,10-19H2,1-4H3. The van der Waals surface area contributed by atoms with Gasteiger partial charge in [0.1, 0.15) is 0 Å². The highest BCUT2D eigenvalue weighted by Gasteiger charge is 2.31. The molecule has 2 nitrogen and oxygen atoms in total. The number of thioether (sulfide) groups is 1. The van der Waals surface area contributed by atoms with E-state index >= 15 is 0 Å². The number of rotatable bonds is 6. The second-order valence-corrected chi connectivity index (χ2v) is 10.6. The number of para-hydroxylation sites is 1. The Balaban J connectivity index is 1.59. The number of hydrogen-bond acceptors (Lipinski definition) is 3. The summed E-state index contributed by atoms with van der Waals surface area (Å²) < 4.78 is 0. The van der Waals surface area contributed by atoms with Crippen LogP contribution in [0.1, 0.15) is 64.4 Å². The van der Waals surface area contributed by atoms with Crippen molar-refractivity contribution in [1.29, 1.82) is 0 Å². The van der Waals surface area contributed by atoms with Gasteiger partial charge in [0, 0.05) is 31.9 Å². The SMILES string of the molecule is CSCCCN1CCN(c2ccccc2C2CCC(C(C)(C)C)CC2)CC1. The second-order valence-electron chi connectivity index (χ2n) is 9.65. The molecular formula is C24H40N2S. The van der Waals surface area contributed by atoms with Crippen molar-refractivity contribution in [1.82, 2.24) is 4.90 Å². The molecule has 1 aromatic rings. The first-order valence-corrected chi connectivity index (χ1v) is 12.4. The van der Waals surface area contributed by atoms with Crippen molar-refractivity contribution in [2.75, 3.05) is 49.6 Å². The Morgan fingerprint density at radius 3 is 2.26 bits per heavy atom. The predicted molar refractivity (Wildman–Crippen MR) is 122 cm³/mol. The van der Waals surface area contributed by atoms with Gasteiger partial charge in [-0.15, -0.1) is 0 Å². The van der Waals surface area contributed by atoms with Crippen molar-refractivity contribution in [3.8, 4) is 0 Å². The molecule has 1 saturated heterocycles. The summed E-state index contributed by atoms with van der Waals surface area (Å²) in [6.07, 6.45) is 9.07. The summed E-state index contributed by atoms with van der Waals surface area (Å²) in [6, 6.07) is 9.30. The minimum Gasteiger partial charge on any atom is -0.369 e. The Hall–Kier alpha value is -0.670. The average molecular weight is 389 g/mol. The third kappa shape index (κ3) is 5.67. The summed E-state index contributed by atoms with van der Waals surface area (Å²) >= 11 is 1.97. The van der Waals surface area contributed by atoms with Crippen LogP contribution in [0.25, 0.3) is 0 Å². The maximum atomic E-state index is 2.66. The van der Waals surface area contributed by atoms with Crippen LogP contribution >= 0.6 is 11.8 Å². The Morgan fingerprint density at radius 2 is 1.63 bits per heavy atom. The van der Waals surface area contributed by atoms with Gasteiger partial charge in [0.05, 0.1) is 0 Å². The van der Waals surface area contributed by atoms with Crippen molar-refractivity contribution in [3.63, 3.8) is 0 Å². The molecule has 1 heterocycles. The number of anilines is 1. The third-order valence-electron chi connectivity index (χ3n) is 6.86. The molecule has 152 valence electrons. The smallest absolute Gasteiger partial charge is 0.0402 e. The summed E-state index contributed by atoms with van der Waals surface area (Å²) in [4.78, 5) is 5.32. The Labute approximate surface area is 172 Å². The maximum absolute atomic E-state index is 2.66. The van der Waals surface area contributed by atoms with Gasteiger partial charge in [-0.2, -0.15) is 11.8 Å². The zero-order valence-corrected chi connectivity index (χ0v) is 18.9. The lowest BCUT2D eigenvalue weighted by Gasteiger charge is -2.40. The summed E-state index contributed by atoms with van der Waals surface area (Å²) in [5.41, 5.74) is 3.62. The Morgan fingerprint density at radius 1 is 0.963 bits per heavy atom. The molecule has 0 spiro atoms. The zero-order valence-electron chi connectivity index (χ0n) is 18.0. The number of hydrogen-bond donors (Lipinski definition) is 0. The minimum atomic E-state index is 0.469. The zero-order chi connectivity index (χ0) is 19.3. The van der Waals surface area contributed by atoms with Crippen LogP contribution in [0.5, 0.6) is 0 Å². The van der Waals surface area contributed by atoms with Gasteiger partial charge in [0.15, 0.2) is 0 Å². The fraction of sp³-hybridized carbons (Fsp3) is 0.750. The summed E-state index contributed by atoms with van der Waals surface area (Å²) in [5, 5.41) is 0. The molecule has 0 radical (unpaired) electrons. The quantitative estimate of drug-likeness (QED) is 0.562. The van der Waals surface area contributed by atoms with Crippen LogP contribution in [0.15, 0.2) is 24.3 Å². The molecule has 2 aliphatic rings. The lowest BCUT2D eigenvalue weighted by molar-refractivity contribution is 0.169. The Kier molecular flexibility index (Phi) is 7.56. The molecule has 0 unspecified atom stereocenters. The lowest BCUT2D eigenvalue weighted by atomic mass is 9.68. The molecule has 1 aromatic carbocycles. The lowest BCUT2D eigenvalue weighted by Crippen LogP contribution is -2.47. The van der Waals surface area contributed by atoms with E-state index in [2.05, 4.69) is 61.1 Å². The van der Waals surface area contributed by atoms with Gasteiger partial charge in [0.2, 0.25) is 0 Å². The minimum absolute atomic E-state index is 0.469. The summed E-state index contributed by atoms with van der Waals surface area (Å²) in [5.74, 6) is 2.95. The van der Waals surface area contributed by atoms with Gasteiger partial charge < -0.3 is 4.90 Å². The monoisotopic (exact) mass is 388 g/mol. The highest BCUT2D eigenvalue weighted by atomic mass is 32.2. The van der Waals surface area contributed by atoms with Gasteiger partial charge in [-0.1, -0.05) is 39.0 Å². The highest BCUT2D eigenvalue weighted by Crippen LogP contribution is 2.45. The van der Waals surface area contributed by atoms with Gasteiger partial charge in [-0.3, -0.25) is 4.90 Å². The first-order chi connectivity index (χ1) is 13.0. The van der Waals surface area contributed by atoms with Crippen LogP contribution < -0.4 is 4.90 Å². The van der Waals surface area contributed by atoms with E-state index in [1.54, 1.807) is 5.56 Å². The summed E-state index contributed by atoms with van der Waals surface area (Å²) in [6.45, 7) is 13.4. The van der Waals surface area contributed by atoms with Crippen molar-refractivity contribution >= 4 is 17.4 Å². The molecule has 0 atom stereocenters. The predicted octanol–water partition coefficient (Wildman–Crippen LogP) is 5.88. The highest BCUT2D eigenvalue weighted by molar-refractivity contribution is 7.98. The van der Waals surface area contributed by atoms with E-state index in [-0.39, 0.29) is 0 Å². The molecule has 0 amide bonds. The number of benzene rings is 1. The van der Waals surface area contributed by atoms with Crippen molar-refractivity contribution in [3.05, 3.63) is 29.8 Å². The van der Waals surface area contributed by atoms with E-state index in [4.69, 9.17) is 0 Å². The molecule has 2 fully saturated rings. The van der Waals surface area contributed by atoms with E-state index in [1.807, 2.05) is 11.8 Å². The molecule has 1 aliphatic heterocycles. The van der Waals surface area contributed by atoms with E-state index in [0.717, 1.165) is 11.8 Å². The topological polar surface area (TPSA) is 6.48 Å². The molecule has 27 heavy (non-hydrogen) atoms. The summed E-state index contributed by atoms with van der Waals surface area (Å²) in [7, 11) is 0. The van der Waals surface area contributed by atoms with Crippen LogP contribution in [-0.2, 0) is 0 Å². The first-order valence-electron chi connectivity index (χ1n) is 11.0. The van der Waals surface area contributed by atoms with Gasteiger partial charge in [-0.25, -0.2) is 0 Å². The first kappa shape index (κ1) is 21.0. The van der Waals surface area contributed by atoms with Crippen LogP contribution in [0.3, 0.4) is 0 Å².